The minimum Gasteiger partial charge on any atom is -0.346 e. The Morgan fingerprint density at radius 2 is 1.32 bits per heavy atom. The van der Waals surface area contributed by atoms with Crippen molar-refractivity contribution < 1.29 is 14.0 Å². The molecule has 3 aromatic carbocycles. The molecule has 0 saturated heterocycles. The van der Waals surface area contributed by atoms with Gasteiger partial charge >= 0.3 is 0 Å². The Hall–Kier alpha value is -3.80. The van der Waals surface area contributed by atoms with E-state index in [1.807, 2.05) is 36.4 Å². The Balaban J connectivity index is 1.75. The number of benzene rings is 3. The largest absolute Gasteiger partial charge is 0.346 e. The molecule has 140 valence electrons. The lowest BCUT2D eigenvalue weighted by Gasteiger charge is -2.10. The maximum Gasteiger partial charge on any atom is 0.271 e. The van der Waals surface area contributed by atoms with E-state index in [1.165, 1.54) is 18.2 Å². The molecule has 0 saturated carbocycles. The van der Waals surface area contributed by atoms with Crippen molar-refractivity contribution in [3.05, 3.63) is 107 Å². The first-order valence-corrected chi connectivity index (χ1v) is 8.65. The molecule has 0 aromatic heterocycles. The average molecular weight is 375 g/mol. The number of hydrogen-bond acceptors (Lipinski definition) is 3. The quantitative estimate of drug-likeness (QED) is 0.512. The van der Waals surface area contributed by atoms with Gasteiger partial charge in [-0.2, -0.15) is 5.10 Å². The topological polar surface area (TPSA) is 70.6 Å². The number of carbonyl (C=O) groups excluding carboxylic acids is 2. The van der Waals surface area contributed by atoms with Crippen LogP contribution in [0.15, 0.2) is 90.0 Å². The zero-order valence-corrected chi connectivity index (χ0v) is 14.9. The lowest BCUT2D eigenvalue weighted by molar-refractivity contribution is 0.0950. The lowest BCUT2D eigenvalue weighted by Crippen LogP contribution is -2.32. The molecule has 3 rings (SSSR count). The molecule has 0 fully saturated rings. The molecule has 28 heavy (non-hydrogen) atoms. The van der Waals surface area contributed by atoms with Gasteiger partial charge in [0.15, 0.2) is 0 Å². The van der Waals surface area contributed by atoms with E-state index < -0.39 is 11.7 Å². The fraction of sp³-hybridized carbons (Fsp3) is 0.0455. The summed E-state index contributed by atoms with van der Waals surface area (Å²) in [5.41, 5.74) is 4.08. The fourth-order valence-electron chi connectivity index (χ4n) is 2.51. The number of hydrogen-bond donors (Lipinski definition) is 2. The Bertz CT molecular complexity index is 989. The maximum absolute atomic E-state index is 13.8. The van der Waals surface area contributed by atoms with Crippen LogP contribution in [-0.4, -0.2) is 24.1 Å². The molecule has 5 nitrogen and oxygen atoms in total. The van der Waals surface area contributed by atoms with Crippen LogP contribution in [0.5, 0.6) is 0 Å². The van der Waals surface area contributed by atoms with Crippen LogP contribution in [0.4, 0.5) is 4.39 Å². The summed E-state index contributed by atoms with van der Waals surface area (Å²) in [4.78, 5) is 24.5. The molecule has 0 aliphatic carbocycles. The second kappa shape index (κ2) is 9.23. The van der Waals surface area contributed by atoms with Crippen molar-refractivity contribution in [2.45, 2.75) is 0 Å². The van der Waals surface area contributed by atoms with Gasteiger partial charge in [-0.3, -0.25) is 9.59 Å². The number of halogens is 1. The van der Waals surface area contributed by atoms with Gasteiger partial charge in [0.25, 0.3) is 11.8 Å². The molecule has 0 heterocycles. The van der Waals surface area contributed by atoms with Gasteiger partial charge in [-0.15, -0.1) is 0 Å². The summed E-state index contributed by atoms with van der Waals surface area (Å²) in [5, 5.41) is 6.81. The molecular weight excluding hydrogens is 357 g/mol. The van der Waals surface area contributed by atoms with Crippen molar-refractivity contribution in [3.63, 3.8) is 0 Å². The van der Waals surface area contributed by atoms with Gasteiger partial charge in [0.1, 0.15) is 5.82 Å². The summed E-state index contributed by atoms with van der Waals surface area (Å²) in [7, 11) is 0. The smallest absolute Gasteiger partial charge is 0.271 e. The van der Waals surface area contributed by atoms with Crippen LogP contribution in [0.25, 0.3) is 0 Å². The highest BCUT2D eigenvalue weighted by molar-refractivity contribution is 6.06. The van der Waals surface area contributed by atoms with Crippen molar-refractivity contribution in [1.82, 2.24) is 10.7 Å². The fourth-order valence-corrected chi connectivity index (χ4v) is 2.51. The van der Waals surface area contributed by atoms with E-state index in [0.717, 1.165) is 5.56 Å². The summed E-state index contributed by atoms with van der Waals surface area (Å²) >= 11 is 0. The second-order valence-electron chi connectivity index (χ2n) is 5.89. The number of rotatable bonds is 6. The summed E-state index contributed by atoms with van der Waals surface area (Å²) in [5.74, 6) is -1.53. The van der Waals surface area contributed by atoms with Crippen LogP contribution in [-0.2, 0) is 0 Å². The Kier molecular flexibility index (Phi) is 6.25. The van der Waals surface area contributed by atoms with Crippen molar-refractivity contribution in [1.29, 1.82) is 0 Å². The third kappa shape index (κ3) is 4.88. The van der Waals surface area contributed by atoms with Gasteiger partial charge in [-0.25, -0.2) is 9.82 Å². The first-order valence-electron chi connectivity index (χ1n) is 8.65. The monoisotopic (exact) mass is 375 g/mol. The third-order valence-electron chi connectivity index (χ3n) is 3.97. The Morgan fingerprint density at radius 1 is 0.750 bits per heavy atom. The Morgan fingerprint density at radius 3 is 1.96 bits per heavy atom. The van der Waals surface area contributed by atoms with Gasteiger partial charge in [-0.05, 0) is 29.8 Å². The van der Waals surface area contributed by atoms with Gasteiger partial charge in [0, 0.05) is 5.56 Å². The first kappa shape index (κ1) is 19.0. The van der Waals surface area contributed by atoms with E-state index in [-0.39, 0.29) is 18.0 Å². The summed E-state index contributed by atoms with van der Waals surface area (Å²) < 4.78 is 13.8. The lowest BCUT2D eigenvalue weighted by atomic mass is 10.1. The summed E-state index contributed by atoms with van der Waals surface area (Å²) in [6.07, 6.45) is 0. The predicted molar refractivity (Wildman–Crippen MR) is 106 cm³/mol. The average Bonchev–Trinajstić information content (AvgIpc) is 2.75. The second-order valence-corrected chi connectivity index (χ2v) is 5.89. The third-order valence-corrected chi connectivity index (χ3v) is 3.97. The maximum atomic E-state index is 13.8. The highest BCUT2D eigenvalue weighted by Gasteiger charge is 2.13. The molecule has 0 atom stereocenters. The van der Waals surface area contributed by atoms with Crippen LogP contribution in [0.3, 0.4) is 0 Å². The van der Waals surface area contributed by atoms with Crippen LogP contribution in [0.2, 0.25) is 0 Å². The van der Waals surface area contributed by atoms with Crippen LogP contribution < -0.4 is 10.7 Å². The van der Waals surface area contributed by atoms with Crippen molar-refractivity contribution in [2.75, 3.05) is 6.54 Å². The molecule has 2 amide bonds. The number of nitrogens with one attached hydrogen (secondary N) is 2. The van der Waals surface area contributed by atoms with Crippen molar-refractivity contribution >= 4 is 17.5 Å². The highest BCUT2D eigenvalue weighted by Crippen LogP contribution is 2.07. The van der Waals surface area contributed by atoms with Gasteiger partial charge in [0.2, 0.25) is 0 Å². The van der Waals surface area contributed by atoms with Crippen molar-refractivity contribution in [2.24, 2.45) is 5.10 Å². The molecule has 0 radical (unpaired) electrons. The molecule has 0 spiro atoms. The zero-order chi connectivity index (χ0) is 19.8. The molecule has 2 N–H and O–H groups in total. The zero-order valence-electron chi connectivity index (χ0n) is 14.9. The van der Waals surface area contributed by atoms with E-state index in [4.69, 9.17) is 0 Å². The minimum atomic E-state index is -0.601. The van der Waals surface area contributed by atoms with Gasteiger partial charge < -0.3 is 5.32 Å². The Labute approximate surface area is 161 Å². The summed E-state index contributed by atoms with van der Waals surface area (Å²) in [6.45, 7) is 0.0201. The van der Waals surface area contributed by atoms with Gasteiger partial charge in [0.05, 0.1) is 17.8 Å². The highest BCUT2D eigenvalue weighted by atomic mass is 19.1. The van der Waals surface area contributed by atoms with Crippen molar-refractivity contribution in [3.8, 4) is 0 Å². The number of amides is 2. The molecule has 0 aliphatic heterocycles. The molecule has 0 aliphatic rings. The van der Waals surface area contributed by atoms with Crippen LogP contribution in [0.1, 0.15) is 26.3 Å². The number of nitrogens with zero attached hydrogens (tertiary/aromatic N) is 1. The van der Waals surface area contributed by atoms with E-state index in [9.17, 15) is 14.0 Å². The van der Waals surface area contributed by atoms with E-state index in [0.29, 0.717) is 11.3 Å². The van der Waals surface area contributed by atoms with E-state index in [1.54, 1.807) is 30.3 Å². The SMILES string of the molecule is O=C(N/N=C(\CNC(=O)c1ccccc1F)c1ccccc1)c1ccccc1. The number of carbonyl (C=O) groups is 2. The van der Waals surface area contributed by atoms with E-state index >= 15 is 0 Å². The normalized spacial score (nSPS) is 11.0. The minimum absolute atomic E-state index is 0.0201. The standard InChI is InChI=1S/C22H18FN3O2/c23-19-14-8-7-13-18(19)22(28)24-15-20(16-9-3-1-4-10-16)25-26-21(27)17-11-5-2-6-12-17/h1-14H,15H2,(H,24,28)(H,26,27)/b25-20+. The molecule has 6 heteroatoms. The van der Waals surface area contributed by atoms with Crippen LogP contribution >= 0.6 is 0 Å². The predicted octanol–water partition coefficient (Wildman–Crippen LogP) is 3.39. The molecular formula is C22H18FN3O2. The first-order chi connectivity index (χ1) is 13.6. The molecule has 0 bridgehead atoms. The van der Waals surface area contributed by atoms with Gasteiger partial charge in [-0.1, -0.05) is 60.7 Å². The van der Waals surface area contributed by atoms with Crippen LogP contribution in [0, 0.1) is 5.82 Å². The number of hydrazone groups is 1. The molecule has 3 aromatic rings. The van der Waals surface area contributed by atoms with E-state index in [2.05, 4.69) is 15.8 Å². The summed E-state index contributed by atoms with van der Waals surface area (Å²) in [6, 6.07) is 23.5. The molecule has 0 unspecified atom stereocenters.